The highest BCUT2D eigenvalue weighted by atomic mass is 16.1. The summed E-state index contributed by atoms with van der Waals surface area (Å²) in [5.74, 6) is 2.39. The number of fused-ring (bicyclic) bond motifs is 2. The van der Waals surface area contributed by atoms with E-state index in [9.17, 15) is 4.79 Å². The average molecular weight is 377 g/mol. The number of aromatic amines is 1. The van der Waals surface area contributed by atoms with Gasteiger partial charge in [0.1, 0.15) is 11.6 Å². The highest BCUT2D eigenvalue weighted by molar-refractivity contribution is 5.75. The van der Waals surface area contributed by atoms with Gasteiger partial charge >= 0.3 is 0 Å². The van der Waals surface area contributed by atoms with Crippen LogP contribution in [0.5, 0.6) is 0 Å². The summed E-state index contributed by atoms with van der Waals surface area (Å²) in [5, 5.41) is 0. The molecule has 1 aliphatic carbocycles. The number of aromatic nitrogens is 4. The topological polar surface area (TPSA) is 66.8 Å². The third kappa shape index (κ3) is 3.15. The van der Waals surface area contributed by atoms with Gasteiger partial charge in [-0.2, -0.15) is 0 Å². The minimum atomic E-state index is 0.0558. The van der Waals surface area contributed by atoms with Gasteiger partial charge in [0.05, 0.1) is 28.8 Å². The first kappa shape index (κ1) is 17.6. The molecule has 6 heteroatoms. The van der Waals surface area contributed by atoms with E-state index < -0.39 is 0 Å². The predicted octanol–water partition coefficient (Wildman–Crippen LogP) is 3.26. The molecule has 6 nitrogen and oxygen atoms in total. The van der Waals surface area contributed by atoms with Gasteiger partial charge in [0.2, 0.25) is 0 Å². The molecule has 0 unspecified atom stereocenters. The Labute approximate surface area is 164 Å². The summed E-state index contributed by atoms with van der Waals surface area (Å²) in [6.45, 7) is 2.30. The third-order valence-corrected chi connectivity index (χ3v) is 6.40. The molecule has 3 heterocycles. The summed E-state index contributed by atoms with van der Waals surface area (Å²) in [6, 6.07) is 8.20. The Morgan fingerprint density at radius 3 is 2.79 bits per heavy atom. The Morgan fingerprint density at radius 2 is 1.96 bits per heavy atom. The summed E-state index contributed by atoms with van der Waals surface area (Å²) in [7, 11) is 2.06. The number of rotatable bonds is 3. The molecular weight excluding hydrogens is 350 g/mol. The zero-order chi connectivity index (χ0) is 19.1. The first-order chi connectivity index (χ1) is 13.7. The van der Waals surface area contributed by atoms with Gasteiger partial charge in [0, 0.05) is 32.5 Å². The molecular formula is C22H27N5O. The van der Waals surface area contributed by atoms with Crippen LogP contribution in [0.15, 0.2) is 29.1 Å². The Hall–Kier alpha value is -2.47. The highest BCUT2D eigenvalue weighted by Gasteiger charge is 2.25. The normalized spacial score (nSPS) is 18.5. The van der Waals surface area contributed by atoms with Crippen LogP contribution in [0.4, 0.5) is 0 Å². The van der Waals surface area contributed by atoms with Crippen LogP contribution in [0.3, 0.4) is 0 Å². The first-order valence-corrected chi connectivity index (χ1v) is 10.4. The van der Waals surface area contributed by atoms with Crippen molar-refractivity contribution in [3.05, 3.63) is 57.5 Å². The van der Waals surface area contributed by atoms with Crippen molar-refractivity contribution in [3.8, 4) is 0 Å². The minimum absolute atomic E-state index is 0.0558. The van der Waals surface area contributed by atoms with Crippen LogP contribution in [-0.4, -0.2) is 31.0 Å². The van der Waals surface area contributed by atoms with E-state index in [0.29, 0.717) is 12.5 Å². The van der Waals surface area contributed by atoms with Gasteiger partial charge in [0.25, 0.3) is 5.56 Å². The number of hydrogen-bond acceptors (Lipinski definition) is 4. The van der Waals surface area contributed by atoms with Gasteiger partial charge in [-0.1, -0.05) is 31.4 Å². The molecule has 0 saturated heterocycles. The van der Waals surface area contributed by atoms with Crippen LogP contribution in [0.1, 0.15) is 60.9 Å². The molecule has 0 amide bonds. The van der Waals surface area contributed by atoms with Gasteiger partial charge in [-0.15, -0.1) is 0 Å². The van der Waals surface area contributed by atoms with Gasteiger partial charge in [0.15, 0.2) is 0 Å². The van der Waals surface area contributed by atoms with Crippen LogP contribution in [0.2, 0.25) is 0 Å². The van der Waals surface area contributed by atoms with E-state index >= 15 is 0 Å². The van der Waals surface area contributed by atoms with E-state index in [2.05, 4.69) is 27.6 Å². The molecule has 2 aromatic heterocycles. The van der Waals surface area contributed by atoms with Crippen LogP contribution < -0.4 is 5.56 Å². The second kappa shape index (κ2) is 7.17. The molecule has 5 rings (SSSR count). The average Bonchev–Trinajstić information content (AvgIpc) is 3.04. The molecule has 0 atom stereocenters. The van der Waals surface area contributed by atoms with Gasteiger partial charge in [-0.05, 0) is 25.0 Å². The summed E-state index contributed by atoms with van der Waals surface area (Å²) in [4.78, 5) is 27.9. The van der Waals surface area contributed by atoms with Gasteiger partial charge in [-0.25, -0.2) is 9.97 Å². The lowest BCUT2D eigenvalue weighted by Crippen LogP contribution is -2.36. The van der Waals surface area contributed by atoms with E-state index in [1.165, 1.54) is 19.3 Å². The van der Waals surface area contributed by atoms with E-state index in [1.807, 2.05) is 18.2 Å². The van der Waals surface area contributed by atoms with Crippen molar-refractivity contribution in [2.24, 2.45) is 7.05 Å². The third-order valence-electron chi connectivity index (χ3n) is 6.40. The molecule has 2 aliphatic rings. The number of nitrogens with one attached hydrogen (secondary N) is 1. The molecule has 1 saturated carbocycles. The molecule has 1 aromatic carbocycles. The number of H-pyrrole nitrogens is 1. The van der Waals surface area contributed by atoms with E-state index in [0.717, 1.165) is 66.3 Å². The highest BCUT2D eigenvalue weighted by Crippen LogP contribution is 2.31. The largest absolute Gasteiger partial charge is 0.330 e. The van der Waals surface area contributed by atoms with Gasteiger partial charge in [-0.3, -0.25) is 9.69 Å². The van der Waals surface area contributed by atoms with Crippen molar-refractivity contribution in [2.45, 2.75) is 57.5 Å². The fourth-order valence-electron chi connectivity index (χ4n) is 4.74. The maximum Gasteiger partial charge on any atom is 0.255 e. The van der Waals surface area contributed by atoms with E-state index in [-0.39, 0.29) is 5.56 Å². The first-order valence-electron chi connectivity index (χ1n) is 10.4. The molecule has 3 aromatic rings. The van der Waals surface area contributed by atoms with Crippen molar-refractivity contribution >= 4 is 11.0 Å². The molecule has 1 N–H and O–H groups in total. The quantitative estimate of drug-likeness (QED) is 0.761. The Morgan fingerprint density at radius 1 is 1.14 bits per heavy atom. The fraction of sp³-hybridized carbons (Fsp3) is 0.500. The van der Waals surface area contributed by atoms with E-state index in [4.69, 9.17) is 9.97 Å². The zero-order valence-corrected chi connectivity index (χ0v) is 16.4. The fourth-order valence-corrected chi connectivity index (χ4v) is 4.74. The molecule has 28 heavy (non-hydrogen) atoms. The number of para-hydroxylation sites is 2. The Kier molecular flexibility index (Phi) is 4.51. The van der Waals surface area contributed by atoms with Gasteiger partial charge < -0.3 is 9.55 Å². The second-order valence-electron chi connectivity index (χ2n) is 8.25. The van der Waals surface area contributed by atoms with Crippen molar-refractivity contribution in [1.82, 2.24) is 24.4 Å². The lowest BCUT2D eigenvalue weighted by atomic mass is 9.88. The Balaban J connectivity index is 1.37. The monoisotopic (exact) mass is 377 g/mol. The number of hydrogen-bond donors (Lipinski definition) is 1. The lowest BCUT2D eigenvalue weighted by molar-refractivity contribution is 0.233. The van der Waals surface area contributed by atoms with Crippen LogP contribution >= 0.6 is 0 Å². The smallest absolute Gasteiger partial charge is 0.255 e. The van der Waals surface area contributed by atoms with Crippen LogP contribution in [0.25, 0.3) is 11.0 Å². The summed E-state index contributed by atoms with van der Waals surface area (Å²) < 4.78 is 2.15. The number of nitrogens with zero attached hydrogens (tertiary/aromatic N) is 4. The molecule has 0 bridgehead atoms. The summed E-state index contributed by atoms with van der Waals surface area (Å²) in [5.41, 5.74) is 4.07. The van der Waals surface area contributed by atoms with Crippen molar-refractivity contribution < 1.29 is 0 Å². The van der Waals surface area contributed by atoms with Crippen LogP contribution in [-0.2, 0) is 26.6 Å². The van der Waals surface area contributed by atoms with Crippen molar-refractivity contribution in [2.75, 3.05) is 6.54 Å². The standard InChI is InChI=1S/C22H27N5O/c1-26-19-10-6-5-9-18(19)23-20(26)14-27-12-11-17-16(13-27)22(28)25-21(24-17)15-7-3-2-4-8-15/h5-6,9-10,15H,2-4,7-8,11-14H2,1H3,(H,24,25,28). The van der Waals surface area contributed by atoms with E-state index in [1.54, 1.807) is 0 Å². The molecule has 146 valence electrons. The van der Waals surface area contributed by atoms with Crippen molar-refractivity contribution in [3.63, 3.8) is 0 Å². The van der Waals surface area contributed by atoms with Crippen LogP contribution in [0, 0.1) is 0 Å². The molecule has 1 fully saturated rings. The summed E-state index contributed by atoms with van der Waals surface area (Å²) >= 11 is 0. The number of aryl methyl sites for hydroxylation is 1. The van der Waals surface area contributed by atoms with Crippen molar-refractivity contribution in [1.29, 1.82) is 0 Å². The molecule has 0 radical (unpaired) electrons. The lowest BCUT2D eigenvalue weighted by Gasteiger charge is -2.28. The maximum atomic E-state index is 12.8. The Bertz CT molecular complexity index is 1060. The predicted molar refractivity (Wildman–Crippen MR) is 109 cm³/mol. The number of imidazole rings is 1. The molecule has 1 aliphatic heterocycles. The maximum absolute atomic E-state index is 12.8. The SMILES string of the molecule is Cn1c(CN2CCc3nc(C4CCCCC4)[nH]c(=O)c3C2)nc2ccccc21. The minimum Gasteiger partial charge on any atom is -0.330 e. The second-order valence-corrected chi connectivity index (χ2v) is 8.25. The molecule has 0 spiro atoms. The number of benzene rings is 1. The zero-order valence-electron chi connectivity index (χ0n) is 16.4. The summed E-state index contributed by atoms with van der Waals surface area (Å²) in [6.07, 6.45) is 6.95.